The van der Waals surface area contributed by atoms with Gasteiger partial charge in [-0.25, -0.2) is 17.9 Å². The number of unbranched alkanes of at least 4 members (excludes halogenated alkanes) is 1. The first-order chi connectivity index (χ1) is 9.27. The minimum atomic E-state index is -3.82. The summed E-state index contributed by atoms with van der Waals surface area (Å²) in [6.07, 6.45) is 2.60. The van der Waals surface area contributed by atoms with E-state index >= 15 is 0 Å². The van der Waals surface area contributed by atoms with Crippen LogP contribution in [0, 0.1) is 0 Å². The fourth-order valence-electron chi connectivity index (χ4n) is 1.74. The summed E-state index contributed by atoms with van der Waals surface area (Å²) >= 11 is 5.86. The zero-order valence-corrected chi connectivity index (χ0v) is 13.0. The molecule has 1 unspecified atom stereocenters. The number of carboxylic acid groups (broad SMARTS) is 1. The second-order valence-corrected chi connectivity index (χ2v) is 6.70. The fourth-order valence-corrected chi connectivity index (χ4v) is 3.54. The van der Waals surface area contributed by atoms with Crippen molar-refractivity contribution >= 4 is 27.6 Å². The van der Waals surface area contributed by atoms with Crippen LogP contribution in [-0.4, -0.2) is 25.5 Å². The Morgan fingerprint density at radius 3 is 2.65 bits per heavy atom. The van der Waals surface area contributed by atoms with E-state index < -0.39 is 16.0 Å². The standard InChI is InChI=1S/C13H18ClNO4S/c1-3-4-5-9(2)15-20(18,19)12-8-10(13(16)17)6-7-11(12)14/h6-9,15H,3-5H2,1-2H3,(H,16,17). The van der Waals surface area contributed by atoms with Gasteiger partial charge in [0.1, 0.15) is 4.90 Å². The van der Waals surface area contributed by atoms with Gasteiger partial charge in [0, 0.05) is 6.04 Å². The molecule has 0 aliphatic rings. The minimum absolute atomic E-state index is 0.00481. The predicted octanol–water partition coefficient (Wildman–Crippen LogP) is 2.90. The summed E-state index contributed by atoms with van der Waals surface area (Å²) in [6.45, 7) is 3.79. The summed E-state index contributed by atoms with van der Waals surface area (Å²) in [6, 6.07) is 3.38. The maximum absolute atomic E-state index is 12.2. The van der Waals surface area contributed by atoms with Crippen molar-refractivity contribution in [1.82, 2.24) is 4.72 Å². The Morgan fingerprint density at radius 1 is 1.45 bits per heavy atom. The Kier molecular flexibility index (Phi) is 5.98. The normalized spacial score (nSPS) is 13.2. The quantitative estimate of drug-likeness (QED) is 0.809. The van der Waals surface area contributed by atoms with Crippen LogP contribution in [0.5, 0.6) is 0 Å². The van der Waals surface area contributed by atoms with Crippen LogP contribution in [0.4, 0.5) is 0 Å². The maximum atomic E-state index is 12.2. The number of carbonyl (C=O) groups is 1. The van der Waals surface area contributed by atoms with Crippen molar-refractivity contribution in [2.75, 3.05) is 0 Å². The van der Waals surface area contributed by atoms with Crippen molar-refractivity contribution in [1.29, 1.82) is 0 Å². The van der Waals surface area contributed by atoms with E-state index in [1.807, 2.05) is 6.92 Å². The molecule has 0 amide bonds. The van der Waals surface area contributed by atoms with Crippen LogP contribution in [0.25, 0.3) is 0 Å². The Bertz CT molecular complexity index is 586. The van der Waals surface area contributed by atoms with Gasteiger partial charge in [0.15, 0.2) is 0 Å². The SMILES string of the molecule is CCCCC(C)NS(=O)(=O)c1cc(C(=O)O)ccc1Cl. The average Bonchev–Trinajstić information content (AvgIpc) is 2.35. The second-order valence-electron chi connectivity index (χ2n) is 4.61. The molecule has 0 radical (unpaired) electrons. The molecule has 1 aromatic rings. The van der Waals surface area contributed by atoms with Gasteiger partial charge in [0.25, 0.3) is 0 Å². The van der Waals surface area contributed by atoms with Crippen molar-refractivity contribution < 1.29 is 18.3 Å². The number of nitrogens with one attached hydrogen (secondary N) is 1. The molecule has 0 heterocycles. The van der Waals surface area contributed by atoms with E-state index in [1.165, 1.54) is 12.1 Å². The number of aromatic carboxylic acids is 1. The lowest BCUT2D eigenvalue weighted by molar-refractivity contribution is 0.0696. The third kappa shape index (κ3) is 4.47. The van der Waals surface area contributed by atoms with E-state index in [0.717, 1.165) is 18.9 Å². The molecule has 0 aliphatic carbocycles. The van der Waals surface area contributed by atoms with E-state index in [4.69, 9.17) is 16.7 Å². The van der Waals surface area contributed by atoms with Crippen molar-refractivity contribution in [3.8, 4) is 0 Å². The maximum Gasteiger partial charge on any atom is 0.335 e. The fraction of sp³-hybridized carbons (Fsp3) is 0.462. The zero-order valence-electron chi connectivity index (χ0n) is 11.4. The van der Waals surface area contributed by atoms with Crippen molar-refractivity contribution in [3.63, 3.8) is 0 Å². The Morgan fingerprint density at radius 2 is 2.10 bits per heavy atom. The summed E-state index contributed by atoms with van der Waals surface area (Å²) in [4.78, 5) is 10.7. The summed E-state index contributed by atoms with van der Waals surface area (Å²) in [5, 5.41) is 8.91. The molecule has 0 fully saturated rings. The van der Waals surface area contributed by atoms with E-state index in [2.05, 4.69) is 4.72 Å². The highest BCUT2D eigenvalue weighted by atomic mass is 35.5. The molecule has 1 aromatic carbocycles. The summed E-state index contributed by atoms with van der Waals surface area (Å²) in [5.74, 6) is -1.20. The molecule has 7 heteroatoms. The van der Waals surface area contributed by atoms with Gasteiger partial charge in [-0.05, 0) is 31.5 Å². The summed E-state index contributed by atoms with van der Waals surface area (Å²) in [7, 11) is -3.82. The Hall–Kier alpha value is -1.11. The lowest BCUT2D eigenvalue weighted by atomic mass is 10.2. The number of sulfonamides is 1. The van der Waals surface area contributed by atoms with Crippen LogP contribution in [-0.2, 0) is 10.0 Å². The smallest absolute Gasteiger partial charge is 0.335 e. The summed E-state index contributed by atoms with van der Waals surface area (Å²) in [5.41, 5.74) is -0.115. The highest BCUT2D eigenvalue weighted by molar-refractivity contribution is 7.89. The number of hydrogen-bond acceptors (Lipinski definition) is 3. The van der Waals surface area contributed by atoms with Gasteiger partial charge in [0.2, 0.25) is 10.0 Å². The third-order valence-electron chi connectivity index (χ3n) is 2.81. The molecule has 2 N–H and O–H groups in total. The second kappa shape index (κ2) is 7.06. The van der Waals surface area contributed by atoms with Crippen LogP contribution < -0.4 is 4.72 Å². The molecule has 0 spiro atoms. The highest BCUT2D eigenvalue weighted by Gasteiger charge is 2.21. The number of carboxylic acids is 1. The molecule has 0 saturated carbocycles. The minimum Gasteiger partial charge on any atom is -0.478 e. The van der Waals surface area contributed by atoms with Crippen molar-refractivity contribution in [2.45, 2.75) is 44.0 Å². The van der Waals surface area contributed by atoms with Gasteiger partial charge in [0.05, 0.1) is 10.6 Å². The molecule has 0 bridgehead atoms. The first-order valence-corrected chi connectivity index (χ1v) is 8.19. The van der Waals surface area contributed by atoms with Gasteiger partial charge in [-0.2, -0.15) is 0 Å². The number of halogens is 1. The zero-order chi connectivity index (χ0) is 15.3. The highest BCUT2D eigenvalue weighted by Crippen LogP contribution is 2.23. The summed E-state index contributed by atoms with van der Waals surface area (Å²) < 4.78 is 26.9. The van der Waals surface area contributed by atoms with E-state index in [0.29, 0.717) is 6.42 Å². The molecular formula is C13H18ClNO4S. The van der Waals surface area contributed by atoms with Crippen LogP contribution in [0.15, 0.2) is 23.1 Å². The van der Waals surface area contributed by atoms with Crippen LogP contribution in [0.2, 0.25) is 5.02 Å². The number of hydrogen-bond donors (Lipinski definition) is 2. The van der Waals surface area contributed by atoms with Crippen molar-refractivity contribution in [3.05, 3.63) is 28.8 Å². The lowest BCUT2D eigenvalue weighted by Gasteiger charge is -2.15. The molecule has 20 heavy (non-hydrogen) atoms. The van der Waals surface area contributed by atoms with E-state index in [1.54, 1.807) is 6.92 Å². The van der Waals surface area contributed by atoms with Crippen LogP contribution >= 0.6 is 11.6 Å². The third-order valence-corrected chi connectivity index (χ3v) is 4.89. The monoisotopic (exact) mass is 319 g/mol. The van der Waals surface area contributed by atoms with Crippen LogP contribution in [0.3, 0.4) is 0 Å². The molecular weight excluding hydrogens is 302 g/mol. The number of benzene rings is 1. The Labute approximate surface area is 124 Å². The predicted molar refractivity (Wildman–Crippen MR) is 77.7 cm³/mol. The first kappa shape index (κ1) is 16.9. The lowest BCUT2D eigenvalue weighted by Crippen LogP contribution is -2.32. The molecule has 5 nitrogen and oxygen atoms in total. The molecule has 1 atom stereocenters. The van der Waals surface area contributed by atoms with Gasteiger partial charge < -0.3 is 5.11 Å². The molecule has 0 saturated heterocycles. The van der Waals surface area contributed by atoms with E-state index in [9.17, 15) is 13.2 Å². The molecule has 1 rings (SSSR count). The number of rotatable bonds is 7. The Balaban J connectivity index is 3.03. The van der Waals surface area contributed by atoms with Gasteiger partial charge in [-0.15, -0.1) is 0 Å². The van der Waals surface area contributed by atoms with Crippen LogP contribution in [0.1, 0.15) is 43.5 Å². The largest absolute Gasteiger partial charge is 0.478 e. The van der Waals surface area contributed by atoms with E-state index in [-0.39, 0.29) is 21.5 Å². The molecule has 112 valence electrons. The van der Waals surface area contributed by atoms with Gasteiger partial charge >= 0.3 is 5.97 Å². The topological polar surface area (TPSA) is 83.5 Å². The first-order valence-electron chi connectivity index (χ1n) is 6.33. The van der Waals surface area contributed by atoms with Gasteiger partial charge in [-0.3, -0.25) is 0 Å². The molecule has 0 aliphatic heterocycles. The van der Waals surface area contributed by atoms with Crippen molar-refractivity contribution in [2.24, 2.45) is 0 Å². The average molecular weight is 320 g/mol. The molecule has 0 aromatic heterocycles. The van der Waals surface area contributed by atoms with Gasteiger partial charge in [-0.1, -0.05) is 31.4 Å².